The molecule has 0 unspecified atom stereocenters. The zero-order chi connectivity index (χ0) is 15.5. The van der Waals surface area contributed by atoms with Gasteiger partial charge in [0.05, 0.1) is 5.92 Å². The highest BCUT2D eigenvalue weighted by atomic mass is 35.5. The Labute approximate surface area is 131 Å². The fraction of sp³-hybridized carbons (Fsp3) is 0.286. The molecule has 0 radical (unpaired) electrons. The Morgan fingerprint density at radius 1 is 1.41 bits per heavy atom. The second kappa shape index (κ2) is 6.15. The monoisotopic (exact) mass is 319 g/mol. The molecular formula is C14H14ClN5O2. The molecule has 1 fully saturated rings. The molecule has 1 aromatic heterocycles. The van der Waals surface area contributed by atoms with Crippen LogP contribution in [-0.2, 0) is 16.1 Å². The summed E-state index contributed by atoms with van der Waals surface area (Å²) in [6.07, 6.45) is 1.51. The zero-order valence-corrected chi connectivity index (χ0v) is 12.4. The minimum absolute atomic E-state index is 0.0346. The van der Waals surface area contributed by atoms with Crippen LogP contribution in [0.25, 0.3) is 0 Å². The first-order valence-electron chi connectivity index (χ1n) is 6.80. The van der Waals surface area contributed by atoms with Crippen LogP contribution in [0.5, 0.6) is 0 Å². The van der Waals surface area contributed by atoms with Gasteiger partial charge in [0.25, 0.3) is 0 Å². The fourth-order valence-corrected chi connectivity index (χ4v) is 2.52. The molecule has 0 saturated carbocycles. The Morgan fingerprint density at radius 3 is 2.86 bits per heavy atom. The second-order valence-corrected chi connectivity index (χ2v) is 5.56. The molecule has 2 aromatic rings. The number of benzene rings is 1. The van der Waals surface area contributed by atoms with Gasteiger partial charge in [-0.05, 0) is 17.7 Å². The molecule has 114 valence electrons. The van der Waals surface area contributed by atoms with Crippen molar-refractivity contribution in [3.8, 4) is 0 Å². The molecule has 8 heteroatoms. The van der Waals surface area contributed by atoms with Gasteiger partial charge in [-0.2, -0.15) is 10.1 Å². The highest BCUT2D eigenvalue weighted by Crippen LogP contribution is 2.22. The molecule has 1 saturated heterocycles. The van der Waals surface area contributed by atoms with Gasteiger partial charge in [-0.25, -0.2) is 5.10 Å². The standard InChI is InChI=1S/C14H14ClN5O2/c15-11-3-1-9(2-4-11)6-20-7-10(5-12(20)21)13(22)18-14-16-8-17-19-14/h1-4,8,10H,5-7H2,(H2,16,17,18,19,22)/t10-/m1/s1. The number of carbonyl (C=O) groups excluding carboxylic acids is 2. The fourth-order valence-electron chi connectivity index (χ4n) is 2.40. The molecule has 1 aromatic carbocycles. The number of aromatic nitrogens is 3. The van der Waals surface area contributed by atoms with Crippen molar-refractivity contribution in [3.05, 3.63) is 41.2 Å². The minimum atomic E-state index is -0.384. The van der Waals surface area contributed by atoms with E-state index in [1.165, 1.54) is 6.33 Å². The Bertz CT molecular complexity index is 671. The number of halogens is 1. The van der Waals surface area contributed by atoms with Crippen molar-refractivity contribution in [2.24, 2.45) is 5.92 Å². The topological polar surface area (TPSA) is 91.0 Å². The number of hydrogen-bond donors (Lipinski definition) is 2. The Balaban J connectivity index is 1.60. The van der Waals surface area contributed by atoms with E-state index in [1.54, 1.807) is 17.0 Å². The van der Waals surface area contributed by atoms with Crippen molar-refractivity contribution < 1.29 is 9.59 Å². The van der Waals surface area contributed by atoms with E-state index >= 15 is 0 Å². The van der Waals surface area contributed by atoms with Crippen LogP contribution in [-0.4, -0.2) is 38.4 Å². The Hall–Kier alpha value is -2.41. The quantitative estimate of drug-likeness (QED) is 0.892. The summed E-state index contributed by atoms with van der Waals surface area (Å²) in [6.45, 7) is 0.865. The SMILES string of the molecule is O=C(Nc1ncn[nH]1)[C@@H]1CC(=O)N(Cc2ccc(Cl)cc2)C1. The molecule has 0 spiro atoms. The van der Waals surface area contributed by atoms with Gasteiger partial charge in [-0.3, -0.25) is 14.9 Å². The molecule has 7 nitrogen and oxygen atoms in total. The third-order valence-electron chi connectivity index (χ3n) is 3.53. The van der Waals surface area contributed by atoms with E-state index in [2.05, 4.69) is 20.5 Å². The van der Waals surface area contributed by atoms with Crippen molar-refractivity contribution in [3.63, 3.8) is 0 Å². The van der Waals surface area contributed by atoms with Crippen LogP contribution >= 0.6 is 11.6 Å². The maximum Gasteiger partial charge on any atom is 0.232 e. The lowest BCUT2D eigenvalue weighted by Gasteiger charge is -2.16. The van der Waals surface area contributed by atoms with Gasteiger partial charge in [0.2, 0.25) is 17.8 Å². The maximum absolute atomic E-state index is 12.1. The number of likely N-dealkylation sites (tertiary alicyclic amines) is 1. The largest absolute Gasteiger partial charge is 0.338 e. The molecule has 3 rings (SSSR count). The zero-order valence-electron chi connectivity index (χ0n) is 11.6. The summed E-state index contributed by atoms with van der Waals surface area (Å²) in [5.74, 6) is -0.366. The number of nitrogens with one attached hydrogen (secondary N) is 2. The number of carbonyl (C=O) groups is 2. The van der Waals surface area contributed by atoms with Crippen molar-refractivity contribution in [1.82, 2.24) is 20.1 Å². The number of rotatable bonds is 4. The first-order chi connectivity index (χ1) is 10.6. The highest BCUT2D eigenvalue weighted by Gasteiger charge is 2.34. The minimum Gasteiger partial charge on any atom is -0.338 e. The molecule has 0 aliphatic carbocycles. The Morgan fingerprint density at radius 2 is 2.18 bits per heavy atom. The van der Waals surface area contributed by atoms with Crippen LogP contribution in [0.15, 0.2) is 30.6 Å². The number of nitrogens with zero attached hydrogens (tertiary/aromatic N) is 3. The summed E-state index contributed by atoms with van der Waals surface area (Å²) in [5.41, 5.74) is 0.981. The van der Waals surface area contributed by atoms with Crippen LogP contribution in [0.3, 0.4) is 0 Å². The first-order valence-corrected chi connectivity index (χ1v) is 7.18. The highest BCUT2D eigenvalue weighted by molar-refractivity contribution is 6.30. The van der Waals surface area contributed by atoms with E-state index in [9.17, 15) is 9.59 Å². The van der Waals surface area contributed by atoms with Crippen LogP contribution in [0, 0.1) is 5.92 Å². The van der Waals surface area contributed by atoms with Gasteiger partial charge < -0.3 is 4.90 Å². The van der Waals surface area contributed by atoms with Crippen LogP contribution in [0.1, 0.15) is 12.0 Å². The van der Waals surface area contributed by atoms with Gasteiger partial charge >= 0.3 is 0 Å². The molecule has 1 atom stereocenters. The van der Waals surface area contributed by atoms with Gasteiger partial charge in [-0.15, -0.1) is 0 Å². The van der Waals surface area contributed by atoms with Gasteiger partial charge in [0.1, 0.15) is 6.33 Å². The average molecular weight is 320 g/mol. The van der Waals surface area contributed by atoms with E-state index in [0.717, 1.165) is 5.56 Å². The molecule has 2 N–H and O–H groups in total. The van der Waals surface area contributed by atoms with Crippen molar-refractivity contribution >= 4 is 29.4 Å². The summed E-state index contributed by atoms with van der Waals surface area (Å²) in [7, 11) is 0. The summed E-state index contributed by atoms with van der Waals surface area (Å²) >= 11 is 5.84. The van der Waals surface area contributed by atoms with E-state index in [4.69, 9.17) is 11.6 Å². The number of aromatic amines is 1. The molecular weight excluding hydrogens is 306 g/mol. The predicted octanol–water partition coefficient (Wildman–Crippen LogP) is 1.45. The first kappa shape index (κ1) is 14.5. The lowest BCUT2D eigenvalue weighted by molar-refractivity contribution is -0.128. The molecule has 1 aliphatic rings. The number of H-pyrrole nitrogens is 1. The third-order valence-corrected chi connectivity index (χ3v) is 3.78. The lowest BCUT2D eigenvalue weighted by atomic mass is 10.1. The van der Waals surface area contributed by atoms with E-state index < -0.39 is 0 Å². The summed E-state index contributed by atoms with van der Waals surface area (Å²) < 4.78 is 0. The molecule has 22 heavy (non-hydrogen) atoms. The van der Waals surface area contributed by atoms with Crippen molar-refractivity contribution in [2.75, 3.05) is 11.9 Å². The normalized spacial score (nSPS) is 17.8. The summed E-state index contributed by atoms with van der Waals surface area (Å²) in [4.78, 5) is 29.7. The predicted molar refractivity (Wildman–Crippen MR) is 80.0 cm³/mol. The average Bonchev–Trinajstić information content (AvgIpc) is 3.12. The van der Waals surface area contributed by atoms with Crippen LogP contribution in [0.4, 0.5) is 5.95 Å². The third kappa shape index (κ3) is 3.25. The van der Waals surface area contributed by atoms with Crippen molar-refractivity contribution in [2.45, 2.75) is 13.0 Å². The molecule has 2 amide bonds. The Kier molecular flexibility index (Phi) is 4.06. The van der Waals surface area contributed by atoms with Crippen LogP contribution < -0.4 is 5.32 Å². The summed E-state index contributed by atoms with van der Waals surface area (Å²) in [5, 5.41) is 9.48. The van der Waals surface area contributed by atoms with E-state index in [-0.39, 0.29) is 30.1 Å². The second-order valence-electron chi connectivity index (χ2n) is 5.13. The van der Waals surface area contributed by atoms with Gasteiger partial charge in [0, 0.05) is 24.5 Å². The molecule has 2 heterocycles. The van der Waals surface area contributed by atoms with Gasteiger partial charge in [0.15, 0.2) is 0 Å². The molecule has 0 bridgehead atoms. The maximum atomic E-state index is 12.1. The number of amides is 2. The number of anilines is 1. The van der Waals surface area contributed by atoms with Gasteiger partial charge in [-0.1, -0.05) is 23.7 Å². The smallest absolute Gasteiger partial charge is 0.232 e. The van der Waals surface area contributed by atoms with E-state index in [0.29, 0.717) is 18.1 Å². The summed E-state index contributed by atoms with van der Waals surface area (Å²) in [6, 6.07) is 7.31. The lowest BCUT2D eigenvalue weighted by Crippen LogP contribution is -2.28. The van der Waals surface area contributed by atoms with Crippen molar-refractivity contribution in [1.29, 1.82) is 0 Å². The van der Waals surface area contributed by atoms with Crippen LogP contribution in [0.2, 0.25) is 5.02 Å². The van der Waals surface area contributed by atoms with E-state index in [1.807, 2.05) is 12.1 Å². The number of hydrogen-bond acceptors (Lipinski definition) is 4. The molecule has 1 aliphatic heterocycles.